The van der Waals surface area contributed by atoms with E-state index in [0.717, 1.165) is 0 Å². The second-order valence-corrected chi connectivity index (χ2v) is 6.69. The van der Waals surface area contributed by atoms with Gasteiger partial charge in [0.2, 0.25) is 5.96 Å². The SMILES string of the molecule is COc1ccc(C(=O)/C=C/Nc2ccc(S(=O)(=O)N=C(N)N)cc2)cc1. The van der Waals surface area contributed by atoms with Gasteiger partial charge in [0.25, 0.3) is 10.0 Å². The average molecular weight is 374 g/mol. The maximum absolute atomic E-state index is 12.0. The Morgan fingerprint density at radius 1 is 1.08 bits per heavy atom. The van der Waals surface area contributed by atoms with Gasteiger partial charge in [-0.2, -0.15) is 8.42 Å². The van der Waals surface area contributed by atoms with Gasteiger partial charge in [-0.15, -0.1) is 4.40 Å². The summed E-state index contributed by atoms with van der Waals surface area (Å²) in [6.07, 6.45) is 2.83. The van der Waals surface area contributed by atoms with Crippen LogP contribution >= 0.6 is 0 Å². The van der Waals surface area contributed by atoms with Crippen LogP contribution < -0.4 is 21.5 Å². The van der Waals surface area contributed by atoms with E-state index in [-0.39, 0.29) is 10.7 Å². The largest absolute Gasteiger partial charge is 0.497 e. The Balaban J connectivity index is 2.02. The molecule has 2 aromatic carbocycles. The molecule has 0 spiro atoms. The molecule has 0 aliphatic heterocycles. The van der Waals surface area contributed by atoms with E-state index >= 15 is 0 Å². The second-order valence-electron chi connectivity index (χ2n) is 5.09. The van der Waals surface area contributed by atoms with Crippen molar-refractivity contribution >= 4 is 27.5 Å². The van der Waals surface area contributed by atoms with E-state index in [9.17, 15) is 13.2 Å². The van der Waals surface area contributed by atoms with Gasteiger partial charge in [-0.3, -0.25) is 4.79 Å². The van der Waals surface area contributed by atoms with Crippen LogP contribution in [0.15, 0.2) is 70.1 Å². The number of allylic oxidation sites excluding steroid dienone is 1. The molecule has 9 heteroatoms. The number of nitrogens with zero attached hydrogens (tertiary/aromatic N) is 1. The summed E-state index contributed by atoms with van der Waals surface area (Å²) in [5.74, 6) is -0.0567. The van der Waals surface area contributed by atoms with Crippen LogP contribution in [0.2, 0.25) is 0 Å². The van der Waals surface area contributed by atoms with Crippen LogP contribution in [0, 0.1) is 0 Å². The summed E-state index contributed by atoms with van der Waals surface area (Å²) in [6, 6.07) is 12.5. The van der Waals surface area contributed by atoms with Gasteiger partial charge in [0, 0.05) is 23.5 Å². The number of ketones is 1. The van der Waals surface area contributed by atoms with Crippen molar-refractivity contribution < 1.29 is 17.9 Å². The number of sulfonamides is 1. The molecule has 0 bridgehead atoms. The van der Waals surface area contributed by atoms with Crippen molar-refractivity contribution in [2.75, 3.05) is 12.4 Å². The summed E-state index contributed by atoms with van der Waals surface area (Å²) in [6.45, 7) is 0. The Hall–Kier alpha value is -3.33. The van der Waals surface area contributed by atoms with Gasteiger partial charge in [-0.05, 0) is 48.5 Å². The molecule has 5 N–H and O–H groups in total. The fourth-order valence-electron chi connectivity index (χ4n) is 1.98. The lowest BCUT2D eigenvalue weighted by Crippen LogP contribution is -2.24. The molecule has 0 radical (unpaired) electrons. The fourth-order valence-corrected chi connectivity index (χ4v) is 2.84. The Morgan fingerprint density at radius 3 is 2.23 bits per heavy atom. The summed E-state index contributed by atoms with van der Waals surface area (Å²) in [7, 11) is -2.37. The Labute approximate surface area is 151 Å². The molecule has 0 aliphatic rings. The van der Waals surface area contributed by atoms with Gasteiger partial charge < -0.3 is 21.5 Å². The monoisotopic (exact) mass is 374 g/mol. The van der Waals surface area contributed by atoms with Crippen molar-refractivity contribution in [2.45, 2.75) is 4.90 Å². The predicted octanol–water partition coefficient (Wildman–Crippen LogP) is 1.47. The highest BCUT2D eigenvalue weighted by atomic mass is 32.2. The van der Waals surface area contributed by atoms with Crippen molar-refractivity contribution in [3.05, 3.63) is 66.4 Å². The Kier molecular flexibility index (Phi) is 5.97. The van der Waals surface area contributed by atoms with Crippen LogP contribution in [0.25, 0.3) is 0 Å². The van der Waals surface area contributed by atoms with Gasteiger partial charge >= 0.3 is 0 Å². The topological polar surface area (TPSA) is 137 Å². The maximum atomic E-state index is 12.0. The van der Waals surface area contributed by atoms with Crippen LogP contribution in [0.4, 0.5) is 5.69 Å². The highest BCUT2D eigenvalue weighted by Crippen LogP contribution is 2.16. The molecule has 0 saturated heterocycles. The van der Waals surface area contributed by atoms with Crippen molar-refractivity contribution in [1.82, 2.24) is 0 Å². The number of carbonyl (C=O) groups is 1. The molecular weight excluding hydrogens is 356 g/mol. The Morgan fingerprint density at radius 2 is 1.69 bits per heavy atom. The summed E-state index contributed by atoms with van der Waals surface area (Å²) < 4.78 is 31.9. The Bertz CT molecular complexity index is 930. The third-order valence-electron chi connectivity index (χ3n) is 3.24. The van der Waals surface area contributed by atoms with Crippen LogP contribution in [-0.4, -0.2) is 27.3 Å². The van der Waals surface area contributed by atoms with Crippen LogP contribution in [0.5, 0.6) is 5.75 Å². The van der Waals surface area contributed by atoms with Crippen LogP contribution in [-0.2, 0) is 10.0 Å². The van der Waals surface area contributed by atoms with Gasteiger partial charge in [0.15, 0.2) is 5.78 Å². The van der Waals surface area contributed by atoms with Gasteiger partial charge in [-0.25, -0.2) is 0 Å². The number of nitrogens with one attached hydrogen (secondary N) is 1. The molecule has 2 aromatic rings. The second kappa shape index (κ2) is 8.17. The highest BCUT2D eigenvalue weighted by molar-refractivity contribution is 7.90. The van der Waals surface area contributed by atoms with Crippen molar-refractivity contribution in [3.8, 4) is 5.75 Å². The molecule has 0 aliphatic carbocycles. The standard InChI is InChI=1S/C17H18N4O4S/c1-25-14-6-2-12(3-7-14)16(22)10-11-20-13-4-8-15(9-5-13)26(23,24)21-17(18)19/h2-11,20H,1H3,(H4,18,19,21)/b11-10+. The van der Waals surface area contributed by atoms with Gasteiger partial charge in [-0.1, -0.05) is 0 Å². The zero-order valence-corrected chi connectivity index (χ0v) is 14.7. The van der Waals surface area contributed by atoms with Crippen LogP contribution in [0.1, 0.15) is 10.4 Å². The van der Waals surface area contributed by atoms with Gasteiger partial charge in [0.05, 0.1) is 12.0 Å². The number of rotatable bonds is 7. The first-order valence-corrected chi connectivity index (χ1v) is 8.83. The van der Waals surface area contributed by atoms with Crippen molar-refractivity contribution in [1.29, 1.82) is 0 Å². The van der Waals surface area contributed by atoms with E-state index in [0.29, 0.717) is 17.0 Å². The number of benzene rings is 2. The molecule has 0 fully saturated rings. The summed E-state index contributed by atoms with van der Waals surface area (Å²) in [4.78, 5) is 12.0. The van der Waals surface area contributed by atoms with E-state index in [1.165, 1.54) is 36.5 Å². The highest BCUT2D eigenvalue weighted by Gasteiger charge is 2.12. The molecule has 0 atom stereocenters. The first kappa shape index (κ1) is 19.0. The first-order valence-electron chi connectivity index (χ1n) is 7.39. The minimum absolute atomic E-state index is 0.0465. The van der Waals surface area contributed by atoms with Crippen molar-refractivity contribution in [2.24, 2.45) is 15.9 Å². The zero-order chi connectivity index (χ0) is 19.2. The average Bonchev–Trinajstić information content (AvgIpc) is 2.61. The van der Waals surface area contributed by atoms with E-state index in [1.807, 2.05) is 0 Å². The smallest absolute Gasteiger partial charge is 0.285 e. The molecule has 0 unspecified atom stereocenters. The van der Waals surface area contributed by atoms with E-state index < -0.39 is 16.0 Å². The molecule has 0 amide bonds. The number of nitrogens with two attached hydrogens (primary N) is 2. The molecule has 26 heavy (non-hydrogen) atoms. The van der Waals surface area contributed by atoms with E-state index in [4.69, 9.17) is 16.2 Å². The number of hydrogen-bond donors (Lipinski definition) is 3. The predicted molar refractivity (Wildman–Crippen MR) is 99.5 cm³/mol. The lowest BCUT2D eigenvalue weighted by atomic mass is 10.1. The number of hydrogen-bond acceptors (Lipinski definition) is 5. The number of methoxy groups -OCH3 is 1. The summed E-state index contributed by atoms with van der Waals surface area (Å²) in [5.41, 5.74) is 11.3. The molecule has 0 heterocycles. The third kappa shape index (κ3) is 5.08. The molecule has 0 saturated carbocycles. The molecular formula is C17H18N4O4S. The third-order valence-corrected chi connectivity index (χ3v) is 4.56. The maximum Gasteiger partial charge on any atom is 0.285 e. The van der Waals surface area contributed by atoms with E-state index in [1.54, 1.807) is 31.4 Å². The van der Waals surface area contributed by atoms with Gasteiger partial charge in [0.1, 0.15) is 5.75 Å². The zero-order valence-electron chi connectivity index (χ0n) is 13.9. The molecule has 2 rings (SSSR count). The fraction of sp³-hybridized carbons (Fsp3) is 0.0588. The number of anilines is 1. The lowest BCUT2D eigenvalue weighted by Gasteiger charge is -2.03. The lowest BCUT2D eigenvalue weighted by molar-refractivity contribution is 0.104. The molecule has 136 valence electrons. The quantitative estimate of drug-likeness (QED) is 0.289. The number of carbonyl (C=O) groups excluding carboxylic acids is 1. The van der Waals surface area contributed by atoms with Crippen LogP contribution in [0.3, 0.4) is 0 Å². The minimum atomic E-state index is -3.92. The number of ether oxygens (including phenoxy) is 1. The number of guanidine groups is 1. The van der Waals surface area contributed by atoms with Crippen molar-refractivity contribution in [3.63, 3.8) is 0 Å². The van der Waals surface area contributed by atoms with E-state index in [2.05, 4.69) is 9.71 Å². The summed E-state index contributed by atoms with van der Waals surface area (Å²) in [5, 5.41) is 2.88. The normalized spacial score (nSPS) is 11.1. The first-order chi connectivity index (χ1) is 12.3. The molecule has 8 nitrogen and oxygen atoms in total. The molecule has 0 aromatic heterocycles. The minimum Gasteiger partial charge on any atom is -0.497 e. The summed E-state index contributed by atoms with van der Waals surface area (Å²) >= 11 is 0.